The fraction of sp³-hybridized carbons (Fsp3) is 0.489. The van der Waals surface area contributed by atoms with E-state index in [0.29, 0.717) is 52.8 Å². The van der Waals surface area contributed by atoms with E-state index in [0.717, 1.165) is 94.0 Å². The van der Waals surface area contributed by atoms with Crippen molar-refractivity contribution in [2.24, 2.45) is 11.8 Å². The van der Waals surface area contributed by atoms with Gasteiger partial charge in [0.1, 0.15) is 73.2 Å². The molecule has 6 unspecified atom stereocenters. The van der Waals surface area contributed by atoms with Gasteiger partial charge in [0.05, 0.1) is 60.5 Å². The first-order chi connectivity index (χ1) is 55.2. The van der Waals surface area contributed by atoms with Gasteiger partial charge >= 0.3 is 19.5 Å². The molecule has 22 nitrogen and oxygen atoms in total. The summed E-state index contributed by atoms with van der Waals surface area (Å²) in [5, 5.41) is 106. The van der Waals surface area contributed by atoms with Crippen LogP contribution in [0.4, 0.5) is 26.3 Å². The molecular formula is C88H107BBrF6N3O19. The molecule has 7 aliphatic rings. The summed E-state index contributed by atoms with van der Waals surface area (Å²) < 4.78 is 119. The zero-order valence-electron chi connectivity index (χ0n) is 66.6. The topological polar surface area (TPSA) is 336 Å². The van der Waals surface area contributed by atoms with Crippen LogP contribution in [0.3, 0.4) is 0 Å². The van der Waals surface area contributed by atoms with Gasteiger partial charge in [0, 0.05) is 53.8 Å². The Morgan fingerprint density at radius 1 is 0.559 bits per heavy atom. The maximum Gasteiger partial charge on any atom is 0.494 e. The number of nitrogens with zero attached hydrogens (tertiary/aromatic N) is 1. The van der Waals surface area contributed by atoms with Crippen LogP contribution in [-0.4, -0.2) is 211 Å². The molecule has 0 aliphatic carbocycles. The zero-order chi connectivity index (χ0) is 85.2. The minimum atomic E-state index is -4.90. The third-order valence-electron chi connectivity index (χ3n) is 24.0. The predicted octanol–water partition coefficient (Wildman–Crippen LogP) is 10.2. The normalized spacial score (nSPS) is 27.3. The summed E-state index contributed by atoms with van der Waals surface area (Å²) in [7, 11) is 1.42. The monoisotopic (exact) mass is 1710 g/mol. The van der Waals surface area contributed by atoms with Gasteiger partial charge in [-0.1, -0.05) is 154 Å². The second-order valence-electron chi connectivity index (χ2n) is 32.1. The molecule has 7 aliphatic heterocycles. The van der Waals surface area contributed by atoms with Crippen LogP contribution in [0.2, 0.25) is 0 Å². The lowest BCUT2D eigenvalue weighted by molar-refractivity contribution is -0.250. The van der Waals surface area contributed by atoms with Gasteiger partial charge in [0.15, 0.2) is 0 Å². The first-order valence-electron chi connectivity index (χ1n) is 39.2. The third-order valence-corrected chi connectivity index (χ3v) is 24.5. The number of ether oxygens (including phenoxy) is 4. The number of likely N-dealkylation sites (N-methyl/N-ethyl adjacent to an activating group) is 1. The van der Waals surface area contributed by atoms with E-state index in [4.69, 9.17) is 28.3 Å². The van der Waals surface area contributed by atoms with Gasteiger partial charge in [-0.15, -0.1) is 0 Å². The van der Waals surface area contributed by atoms with Crippen molar-refractivity contribution in [3.63, 3.8) is 0 Å². The first kappa shape index (κ1) is 92.7. The van der Waals surface area contributed by atoms with E-state index in [1.165, 1.54) is 12.1 Å². The average molecular weight is 1720 g/mol. The summed E-state index contributed by atoms with van der Waals surface area (Å²) >= 11 is 3.18. The largest absolute Gasteiger partial charge is 0.494 e. The van der Waals surface area contributed by atoms with Crippen molar-refractivity contribution in [3.8, 4) is 22.3 Å². The Balaban J connectivity index is 0.000000167. The molecule has 0 saturated carbocycles. The van der Waals surface area contributed by atoms with Crippen LogP contribution < -0.4 is 16.1 Å². The molecule has 7 aromatic carbocycles. The number of alkyl halides is 6. The fourth-order valence-corrected chi connectivity index (χ4v) is 16.4. The van der Waals surface area contributed by atoms with E-state index in [9.17, 15) is 91.8 Å². The predicted molar refractivity (Wildman–Crippen MR) is 432 cm³/mol. The highest BCUT2D eigenvalue weighted by molar-refractivity contribution is 9.10. The van der Waals surface area contributed by atoms with Gasteiger partial charge in [-0.3, -0.25) is 14.4 Å². The number of nitrogens with one attached hydrogen (secondary N) is 2. The molecular weight excluding hydrogens is 1610 g/mol. The van der Waals surface area contributed by atoms with Crippen LogP contribution >= 0.6 is 15.9 Å². The first-order valence-corrected chi connectivity index (χ1v) is 40.0. The Labute approximate surface area is 691 Å². The Morgan fingerprint density at radius 2 is 1.02 bits per heavy atom. The van der Waals surface area contributed by atoms with E-state index in [-0.39, 0.29) is 71.5 Å². The van der Waals surface area contributed by atoms with Crippen molar-refractivity contribution in [3.05, 3.63) is 216 Å². The number of hydrogen-bond donors (Lipinski definition) is 12. The number of carbonyl (C=O) groups excluding carboxylic acids is 3. The highest BCUT2D eigenvalue weighted by Crippen LogP contribution is 2.46. The fourth-order valence-electron chi connectivity index (χ4n) is 16.0. The molecule has 12 N–H and O–H groups in total. The number of aliphatic hydroxyl groups excluding tert-OH is 10. The maximum absolute atomic E-state index is 14.0. The Hall–Kier alpha value is -7.57. The summed E-state index contributed by atoms with van der Waals surface area (Å²) in [4.78, 5) is 38.3. The quantitative estimate of drug-likeness (QED) is 0.0335. The average Bonchev–Trinajstić information content (AvgIpc) is 1.46. The van der Waals surface area contributed by atoms with E-state index < -0.39 is 135 Å². The molecule has 30 heteroatoms. The van der Waals surface area contributed by atoms with Gasteiger partial charge in [0.2, 0.25) is 0 Å². The summed E-state index contributed by atoms with van der Waals surface area (Å²) in [6, 6.07) is 39.3. The van der Waals surface area contributed by atoms with Gasteiger partial charge in [-0.2, -0.15) is 26.3 Å². The number of carbonyl (C=O) groups is 3. The van der Waals surface area contributed by atoms with Crippen molar-refractivity contribution < 1.29 is 120 Å². The highest BCUT2D eigenvalue weighted by Gasteiger charge is 2.54. The number of fused-ring (bicyclic) bond motifs is 3. The SMILES string of the molecule is C.CCC1O[C@H]([C@H](C)c2ccc(Br)cc2C(F)(F)F)C(OCc2ccccc2)[C@@H](C)[C@@H]1C.CN1CCc2ccc(B3OC(C)(C)C(C)(C)O3)cc2C1=O.Cc1cc(-c2ccc3c(c2)C(=O)NCC3)ccc1[C@@H](O)[C@H]1OC(CO)[C@@H](O)[C@H](O)C1O.O=C1NCCc2ccc(-c3ccc([C@@H](O)[C@H]4OC(CO)[C@@H](O)[C@H](O)C4O)c(C(F)(F)F)c3)cc21. The van der Waals surface area contributed by atoms with Crippen LogP contribution in [0.5, 0.6) is 0 Å². The summed E-state index contributed by atoms with van der Waals surface area (Å²) in [6.45, 7) is 19.0. The van der Waals surface area contributed by atoms with Crippen LogP contribution in [0, 0.1) is 18.8 Å². The molecule has 0 aromatic heterocycles. The number of benzene rings is 7. The molecule has 118 heavy (non-hydrogen) atoms. The third kappa shape index (κ3) is 20.1. The number of aryl methyl sites for hydroxylation is 1. The Morgan fingerprint density at radius 3 is 1.53 bits per heavy atom. The van der Waals surface area contributed by atoms with E-state index >= 15 is 0 Å². The van der Waals surface area contributed by atoms with Crippen LogP contribution in [0.15, 0.2) is 144 Å². The number of rotatable bonds is 15. The summed E-state index contributed by atoms with van der Waals surface area (Å²) in [5.41, 5.74) is 7.21. The molecule has 7 aromatic rings. The van der Waals surface area contributed by atoms with Gasteiger partial charge < -0.3 is 94.9 Å². The molecule has 0 spiro atoms. The van der Waals surface area contributed by atoms with Gasteiger partial charge in [0.25, 0.3) is 17.7 Å². The molecule has 640 valence electrons. The van der Waals surface area contributed by atoms with Crippen molar-refractivity contribution in [1.82, 2.24) is 15.5 Å². The molecule has 4 saturated heterocycles. The molecule has 14 rings (SSSR count). The van der Waals surface area contributed by atoms with Crippen molar-refractivity contribution in [1.29, 1.82) is 0 Å². The molecule has 18 atom stereocenters. The van der Waals surface area contributed by atoms with Crippen molar-refractivity contribution in [2.45, 2.75) is 223 Å². The minimum Gasteiger partial charge on any atom is -0.399 e. The zero-order valence-corrected chi connectivity index (χ0v) is 68.1. The Bertz CT molecular complexity index is 4640. The van der Waals surface area contributed by atoms with Crippen LogP contribution in [-0.2, 0) is 66.5 Å². The molecule has 0 radical (unpaired) electrons. The van der Waals surface area contributed by atoms with Gasteiger partial charge in [-0.25, -0.2) is 0 Å². The number of halogens is 7. The van der Waals surface area contributed by atoms with E-state index in [1.54, 1.807) is 48.2 Å². The van der Waals surface area contributed by atoms with E-state index in [2.05, 4.69) is 47.3 Å². The van der Waals surface area contributed by atoms with Crippen LogP contribution in [0.1, 0.15) is 174 Å². The van der Waals surface area contributed by atoms with Crippen molar-refractivity contribution >= 4 is 46.2 Å². The summed E-state index contributed by atoms with van der Waals surface area (Å²) in [5.74, 6) is -0.395. The Kier molecular flexibility index (Phi) is 30.0. The number of aliphatic hydroxyl groups is 10. The molecule has 7 heterocycles. The second kappa shape index (κ2) is 38.2. The summed E-state index contributed by atoms with van der Waals surface area (Å²) in [6.07, 6.45) is -25.8. The minimum absolute atomic E-state index is 0. The second-order valence-corrected chi connectivity index (χ2v) is 33.0. The van der Waals surface area contributed by atoms with Crippen LogP contribution in [0.25, 0.3) is 22.3 Å². The molecule has 3 amide bonds. The number of amides is 3. The lowest BCUT2D eigenvalue weighted by atomic mass is 9.76. The highest BCUT2D eigenvalue weighted by atomic mass is 79.9. The lowest BCUT2D eigenvalue weighted by Crippen LogP contribution is -2.60. The lowest BCUT2D eigenvalue weighted by Gasteiger charge is -2.47. The number of hydrogen-bond acceptors (Lipinski definition) is 19. The smallest absolute Gasteiger partial charge is 0.399 e. The standard InChI is InChI=1S/C25H30BrF3O2.C23H24F3NO7.C23H27NO7.C16H22BNO3.CH4/c1-5-22-15(2)16(3)23(30-14-18-9-7-6-8-10-18)24(31-22)17(4)20-12-11-19(26)13-21(20)25(27,28)29;24-23(25,26)15-8-12(11-2-1-10-5-6-27-22(33)14(10)7-11)3-4-13(15)17(29)21-20(32)19(31)18(30)16(9-28)34-21;1-11-8-13(14-3-2-12-6-7-24-23(30)16(12)9-14)4-5-15(11)18(26)22-21(29)20(28)19(27)17(10-25)31-22;1-15(2)16(3,4)21-17(20-15)12-7-6-11-8-9-18(5)14(19)13(11)10-12;/h6-13,15-17,22-24H,5,14H2,1-4H3;1-4,7-8,16-21,28-32H,5-6,9H2,(H,27,33);2-5,8-9,17-22,25-29H,6-7,10H2,1H3,(H,24,30);6-7,10H,8-9H2,1-5H3;1H4/t15-,16-,17+,22?,23?,24+;16?,17-,18-,19+,20?,21-;17?,18-,19-,20+,21?,22-;;/m011../s1. The van der Waals surface area contributed by atoms with E-state index in [1.807, 2.05) is 114 Å². The molecule has 4 fully saturated rings. The molecule has 0 bridgehead atoms. The van der Waals surface area contributed by atoms with Crippen molar-refractivity contribution in [2.75, 3.05) is 39.9 Å². The maximum atomic E-state index is 14.0. The van der Waals surface area contributed by atoms with Gasteiger partial charge in [-0.05, 0) is 181 Å².